The van der Waals surface area contributed by atoms with Crippen LogP contribution in [0.5, 0.6) is 0 Å². The van der Waals surface area contributed by atoms with Crippen molar-refractivity contribution in [2.24, 2.45) is 0 Å². The Balaban J connectivity index is 4.08. The van der Waals surface area contributed by atoms with Crippen molar-refractivity contribution in [3.05, 3.63) is 122 Å². The summed E-state index contributed by atoms with van der Waals surface area (Å²) in [4.78, 5) is 25.3. The maximum Gasteiger partial charge on any atom is 0.268 e. The smallest absolute Gasteiger partial charge is 0.268 e. The number of hydrogen-bond acceptors (Lipinski definition) is 6. The van der Waals surface area contributed by atoms with Crippen molar-refractivity contribution in [3.63, 3.8) is 0 Å². The first-order valence-corrected chi connectivity index (χ1v) is 28.4. The fourth-order valence-electron chi connectivity index (χ4n) is 6.97. The second-order valence-electron chi connectivity index (χ2n) is 18.9. The van der Waals surface area contributed by atoms with Crippen LogP contribution >= 0.6 is 7.82 Å². The minimum absolute atomic E-state index is 0.00831. The highest BCUT2D eigenvalue weighted by molar-refractivity contribution is 7.45. The number of hydrogen-bond donors (Lipinski definition) is 2. The number of rotatable bonds is 47. The maximum absolute atomic E-state index is 12.9. The van der Waals surface area contributed by atoms with E-state index >= 15 is 0 Å². The molecule has 2 N–H and O–H groups in total. The Morgan fingerprint density at radius 2 is 0.897 bits per heavy atom. The van der Waals surface area contributed by atoms with E-state index in [1.54, 1.807) is 6.08 Å². The molecule has 0 fully saturated rings. The second kappa shape index (κ2) is 48.9. The highest BCUT2D eigenvalue weighted by Gasteiger charge is 2.23. The number of allylic oxidation sites excluding steroid dienone is 19. The molecule has 3 unspecified atom stereocenters. The van der Waals surface area contributed by atoms with Gasteiger partial charge in [-0.25, -0.2) is 0 Å². The molecule has 388 valence electrons. The van der Waals surface area contributed by atoms with Crippen LogP contribution in [0.3, 0.4) is 0 Å². The third-order valence-corrected chi connectivity index (χ3v) is 12.1. The number of aliphatic hydroxyl groups excluding tert-OH is 1. The van der Waals surface area contributed by atoms with Crippen molar-refractivity contribution in [3.8, 4) is 0 Å². The van der Waals surface area contributed by atoms with E-state index in [4.69, 9.17) is 9.05 Å². The number of carbonyl (C=O) groups excluding carboxylic acids is 1. The number of phosphoric acid groups is 1. The molecule has 0 rings (SSSR count). The Bertz CT molecular complexity index is 1510. The number of phosphoric ester groups is 1. The SMILES string of the molecule is CC/C=C\C/C=C\C/C=C\C/C=C\C/C=C\C/C=C\C/C=C\C/C=C\C/C=C\CCCCCCCCCCCC(=O)NC(COP(=O)([O-])OCC[N+](C)(C)C)C(O)/C=C/CCCCCCCCC. The first kappa shape index (κ1) is 64.9. The van der Waals surface area contributed by atoms with Crippen molar-refractivity contribution in [1.82, 2.24) is 5.32 Å². The quantitative estimate of drug-likeness (QED) is 0.0272. The van der Waals surface area contributed by atoms with Crippen LogP contribution in [-0.2, 0) is 18.4 Å². The van der Waals surface area contributed by atoms with Crippen LogP contribution in [0.4, 0.5) is 0 Å². The predicted molar refractivity (Wildman–Crippen MR) is 292 cm³/mol. The molecule has 0 heterocycles. The van der Waals surface area contributed by atoms with Crippen molar-refractivity contribution in [1.29, 1.82) is 0 Å². The first-order chi connectivity index (χ1) is 33.0. The van der Waals surface area contributed by atoms with Gasteiger partial charge in [-0.15, -0.1) is 0 Å². The molecule has 0 saturated carbocycles. The minimum atomic E-state index is -4.59. The zero-order valence-corrected chi connectivity index (χ0v) is 44.9. The monoisotopic (exact) mass is 965 g/mol. The minimum Gasteiger partial charge on any atom is -0.756 e. The second-order valence-corrected chi connectivity index (χ2v) is 20.3. The number of unbranched alkanes of at least 4 members (excludes halogenated alkanes) is 16. The molecule has 8 nitrogen and oxygen atoms in total. The van der Waals surface area contributed by atoms with Gasteiger partial charge in [0.1, 0.15) is 13.2 Å². The van der Waals surface area contributed by atoms with Gasteiger partial charge in [-0.1, -0.05) is 219 Å². The molecule has 9 heteroatoms. The lowest BCUT2D eigenvalue weighted by Gasteiger charge is -2.29. The third kappa shape index (κ3) is 50.8. The Labute approximate surface area is 418 Å². The van der Waals surface area contributed by atoms with Gasteiger partial charge in [0.15, 0.2) is 0 Å². The van der Waals surface area contributed by atoms with E-state index in [2.05, 4.69) is 129 Å². The molecule has 0 aliphatic heterocycles. The van der Waals surface area contributed by atoms with Gasteiger partial charge in [-0.05, 0) is 89.9 Å². The average molecular weight is 965 g/mol. The van der Waals surface area contributed by atoms with E-state index in [9.17, 15) is 19.4 Å². The molecule has 0 aromatic heterocycles. The zero-order chi connectivity index (χ0) is 49.9. The molecule has 0 aliphatic carbocycles. The summed E-state index contributed by atoms with van der Waals surface area (Å²) in [5, 5.41) is 13.7. The lowest BCUT2D eigenvalue weighted by Crippen LogP contribution is -2.45. The lowest BCUT2D eigenvalue weighted by atomic mass is 10.0. The van der Waals surface area contributed by atoms with Crippen molar-refractivity contribution in [2.45, 2.75) is 206 Å². The van der Waals surface area contributed by atoms with Crippen LogP contribution in [0.15, 0.2) is 122 Å². The van der Waals surface area contributed by atoms with Crippen LogP contribution in [0.25, 0.3) is 0 Å². The van der Waals surface area contributed by atoms with Gasteiger partial charge in [0.05, 0.1) is 39.9 Å². The van der Waals surface area contributed by atoms with Gasteiger partial charge < -0.3 is 28.8 Å². The van der Waals surface area contributed by atoms with Gasteiger partial charge in [-0.3, -0.25) is 9.36 Å². The lowest BCUT2D eigenvalue weighted by molar-refractivity contribution is -0.870. The zero-order valence-electron chi connectivity index (χ0n) is 44.0. The largest absolute Gasteiger partial charge is 0.756 e. The van der Waals surface area contributed by atoms with E-state index in [0.29, 0.717) is 17.4 Å². The van der Waals surface area contributed by atoms with Crippen molar-refractivity contribution < 1.29 is 32.9 Å². The van der Waals surface area contributed by atoms with Gasteiger partial charge in [0.25, 0.3) is 7.82 Å². The Kier molecular flexibility index (Phi) is 46.7. The standard InChI is InChI=1S/C59H101N2O6P/c1-6-8-10-12-14-16-17-18-19-20-21-22-23-24-25-26-27-28-29-30-31-32-33-34-35-36-37-38-39-40-41-42-43-45-47-49-51-53-59(63)60-57(56-67-68(64,65)66-55-54-61(3,4)5)58(62)52-50-48-46-44-15-13-11-9-7-2/h8,10,14,16,18-19,21-22,24-25,27-28,30-31,33-34,36-37,50,52,57-58,62H,6-7,9,11-13,15,17,20,23,26,29,32,35,38-49,51,53-56H2,1-5H3,(H-,60,63,64,65)/b10-8-,16-14-,19-18-,22-21-,25-24-,28-27-,31-30-,34-33-,37-36-,52-50+. The van der Waals surface area contributed by atoms with Crippen molar-refractivity contribution in [2.75, 3.05) is 40.9 Å². The van der Waals surface area contributed by atoms with Gasteiger partial charge >= 0.3 is 0 Å². The maximum atomic E-state index is 12.9. The van der Waals surface area contributed by atoms with Gasteiger partial charge in [-0.2, -0.15) is 0 Å². The van der Waals surface area contributed by atoms with Crippen LogP contribution in [0, 0.1) is 0 Å². The highest BCUT2D eigenvalue weighted by Crippen LogP contribution is 2.38. The molecule has 0 bridgehead atoms. The first-order valence-electron chi connectivity index (χ1n) is 26.9. The van der Waals surface area contributed by atoms with E-state index in [1.807, 2.05) is 27.2 Å². The van der Waals surface area contributed by atoms with Crippen molar-refractivity contribution >= 4 is 13.7 Å². The predicted octanol–water partition coefficient (Wildman–Crippen LogP) is 15.6. The number of nitrogens with one attached hydrogen (secondary N) is 1. The molecule has 0 aromatic carbocycles. The summed E-state index contributed by atoms with van der Waals surface area (Å²) in [6, 6.07) is -0.895. The Morgan fingerprint density at radius 1 is 0.529 bits per heavy atom. The topological polar surface area (TPSA) is 108 Å². The number of aliphatic hydroxyl groups is 1. The molecule has 3 atom stereocenters. The Hall–Kier alpha value is -3.10. The molecule has 68 heavy (non-hydrogen) atoms. The molecule has 0 radical (unpaired) electrons. The van der Waals surface area contributed by atoms with E-state index < -0.39 is 20.0 Å². The summed E-state index contributed by atoms with van der Waals surface area (Å²) in [6.07, 6.45) is 72.8. The summed E-state index contributed by atoms with van der Waals surface area (Å²) >= 11 is 0. The fourth-order valence-corrected chi connectivity index (χ4v) is 7.69. The summed E-state index contributed by atoms with van der Waals surface area (Å²) in [6.45, 7) is 4.47. The van der Waals surface area contributed by atoms with Crippen LogP contribution < -0.4 is 10.2 Å². The normalized spacial score (nSPS) is 15.0. The summed E-state index contributed by atoms with van der Waals surface area (Å²) in [5.41, 5.74) is 0. The molecule has 0 aliphatic rings. The molecular formula is C59H101N2O6P. The van der Waals surface area contributed by atoms with Crippen LogP contribution in [-0.4, -0.2) is 68.5 Å². The number of nitrogens with zero attached hydrogens (tertiary/aromatic N) is 1. The molecule has 0 spiro atoms. The third-order valence-electron chi connectivity index (χ3n) is 11.2. The fraction of sp³-hybridized carbons (Fsp3) is 0.644. The van der Waals surface area contributed by atoms with Gasteiger partial charge in [0.2, 0.25) is 5.91 Å². The molecule has 1 amide bonds. The van der Waals surface area contributed by atoms with Gasteiger partial charge in [0, 0.05) is 6.42 Å². The number of likely N-dealkylation sites (N-methyl/N-ethyl adjacent to an activating group) is 1. The molecular weight excluding hydrogens is 864 g/mol. The molecule has 0 saturated heterocycles. The number of amides is 1. The number of quaternary nitrogens is 1. The molecule has 0 aromatic rings. The highest BCUT2D eigenvalue weighted by atomic mass is 31.2. The summed E-state index contributed by atoms with van der Waals surface area (Å²) < 4.78 is 23.2. The summed E-state index contributed by atoms with van der Waals surface area (Å²) in [5.74, 6) is -0.213. The number of carbonyl (C=O) groups is 1. The van der Waals surface area contributed by atoms with Crippen LogP contribution in [0.2, 0.25) is 0 Å². The Morgan fingerprint density at radius 3 is 1.31 bits per heavy atom. The average Bonchev–Trinajstić information content (AvgIpc) is 3.30. The van der Waals surface area contributed by atoms with E-state index in [0.717, 1.165) is 109 Å². The van der Waals surface area contributed by atoms with E-state index in [-0.39, 0.29) is 19.1 Å². The van der Waals surface area contributed by atoms with Crippen LogP contribution in [0.1, 0.15) is 194 Å². The summed E-state index contributed by atoms with van der Waals surface area (Å²) in [7, 11) is 1.24. The van der Waals surface area contributed by atoms with E-state index in [1.165, 1.54) is 64.2 Å².